The summed E-state index contributed by atoms with van der Waals surface area (Å²) < 4.78 is 0. The van der Waals surface area contributed by atoms with E-state index in [0.717, 1.165) is 38.9 Å². The maximum absolute atomic E-state index is 12.8. The predicted molar refractivity (Wildman–Crippen MR) is 87.9 cm³/mol. The number of carbonyl (C=O) groups is 1. The molecule has 2 heterocycles. The fraction of sp³-hybridized carbons (Fsp3) is 0.588. The lowest BCUT2D eigenvalue weighted by molar-refractivity contribution is -0.137. The van der Waals surface area contributed by atoms with Gasteiger partial charge in [-0.3, -0.25) is 4.79 Å². The SMILES string of the molecule is CC1(C(=O)N2CCC(c3ccccc3)C2)CCCCN1.Cl. The second-order valence-corrected chi connectivity index (χ2v) is 6.36. The van der Waals surface area contributed by atoms with Gasteiger partial charge in [-0.15, -0.1) is 12.4 Å². The Hall–Kier alpha value is -1.06. The average molecular weight is 309 g/mol. The van der Waals surface area contributed by atoms with Crippen molar-refractivity contribution >= 4 is 18.3 Å². The molecule has 0 spiro atoms. The topological polar surface area (TPSA) is 32.3 Å². The van der Waals surface area contributed by atoms with Crippen LogP contribution in [0, 0.1) is 0 Å². The normalized spacial score (nSPS) is 29.0. The van der Waals surface area contributed by atoms with Gasteiger partial charge in [-0.05, 0) is 44.7 Å². The van der Waals surface area contributed by atoms with Crippen molar-refractivity contribution in [2.24, 2.45) is 0 Å². The number of nitrogens with one attached hydrogen (secondary N) is 1. The van der Waals surface area contributed by atoms with Gasteiger partial charge in [0.2, 0.25) is 5.91 Å². The summed E-state index contributed by atoms with van der Waals surface area (Å²) in [5.41, 5.74) is 1.04. The molecule has 116 valence electrons. The van der Waals surface area contributed by atoms with Gasteiger partial charge >= 0.3 is 0 Å². The molecular formula is C17H25ClN2O. The van der Waals surface area contributed by atoms with Crippen molar-refractivity contribution in [2.75, 3.05) is 19.6 Å². The van der Waals surface area contributed by atoms with Gasteiger partial charge < -0.3 is 10.2 Å². The monoisotopic (exact) mass is 308 g/mol. The molecule has 2 unspecified atom stereocenters. The molecule has 2 aliphatic heterocycles. The molecule has 0 bridgehead atoms. The Balaban J connectivity index is 0.00000161. The lowest BCUT2D eigenvalue weighted by Gasteiger charge is -2.36. The summed E-state index contributed by atoms with van der Waals surface area (Å²) in [6.45, 7) is 4.82. The Morgan fingerprint density at radius 1 is 1.29 bits per heavy atom. The van der Waals surface area contributed by atoms with Crippen molar-refractivity contribution in [1.82, 2.24) is 10.2 Å². The zero-order valence-corrected chi connectivity index (χ0v) is 13.5. The highest BCUT2D eigenvalue weighted by Gasteiger charge is 2.39. The second kappa shape index (κ2) is 6.80. The summed E-state index contributed by atoms with van der Waals surface area (Å²) in [5, 5.41) is 3.44. The maximum Gasteiger partial charge on any atom is 0.242 e. The molecule has 1 amide bonds. The minimum absolute atomic E-state index is 0. The molecule has 21 heavy (non-hydrogen) atoms. The molecule has 0 saturated carbocycles. The molecule has 3 nitrogen and oxygen atoms in total. The van der Waals surface area contributed by atoms with E-state index in [1.54, 1.807) is 0 Å². The van der Waals surface area contributed by atoms with Crippen LogP contribution in [0.4, 0.5) is 0 Å². The molecule has 0 aliphatic carbocycles. The van der Waals surface area contributed by atoms with E-state index in [-0.39, 0.29) is 17.9 Å². The zero-order chi connectivity index (χ0) is 14.0. The maximum atomic E-state index is 12.8. The largest absolute Gasteiger partial charge is 0.340 e. The van der Waals surface area contributed by atoms with Gasteiger partial charge in [-0.25, -0.2) is 0 Å². The quantitative estimate of drug-likeness (QED) is 0.911. The number of rotatable bonds is 2. The summed E-state index contributed by atoms with van der Waals surface area (Å²) in [5.74, 6) is 0.808. The molecule has 2 aliphatic rings. The Kier molecular flexibility index (Phi) is 5.28. The first-order valence-electron chi connectivity index (χ1n) is 7.78. The summed E-state index contributed by atoms with van der Waals surface area (Å²) in [4.78, 5) is 14.8. The lowest BCUT2D eigenvalue weighted by Crippen LogP contribution is -2.57. The van der Waals surface area contributed by atoms with Gasteiger partial charge in [-0.1, -0.05) is 30.3 Å². The highest BCUT2D eigenvalue weighted by molar-refractivity contribution is 5.86. The van der Waals surface area contributed by atoms with Gasteiger partial charge in [0.15, 0.2) is 0 Å². The average Bonchev–Trinajstić information content (AvgIpc) is 2.98. The highest BCUT2D eigenvalue weighted by Crippen LogP contribution is 2.30. The molecule has 3 rings (SSSR count). The van der Waals surface area contributed by atoms with Crippen molar-refractivity contribution in [3.63, 3.8) is 0 Å². The minimum atomic E-state index is -0.330. The van der Waals surface area contributed by atoms with Crippen LogP contribution >= 0.6 is 12.4 Å². The first kappa shape index (κ1) is 16.3. The molecule has 1 aromatic rings. The summed E-state index contributed by atoms with van der Waals surface area (Å²) in [6, 6.07) is 10.6. The van der Waals surface area contributed by atoms with Crippen LogP contribution in [0.5, 0.6) is 0 Å². The van der Waals surface area contributed by atoms with Crippen LogP contribution in [-0.4, -0.2) is 36.0 Å². The Morgan fingerprint density at radius 3 is 2.71 bits per heavy atom. The molecule has 4 heteroatoms. The zero-order valence-electron chi connectivity index (χ0n) is 12.7. The van der Waals surface area contributed by atoms with Crippen LogP contribution in [0.15, 0.2) is 30.3 Å². The van der Waals surface area contributed by atoms with E-state index in [1.165, 1.54) is 12.0 Å². The van der Waals surface area contributed by atoms with Gasteiger partial charge in [0, 0.05) is 19.0 Å². The van der Waals surface area contributed by atoms with E-state index in [1.807, 2.05) is 6.07 Å². The van der Waals surface area contributed by atoms with Crippen molar-refractivity contribution in [2.45, 2.75) is 44.1 Å². The number of amides is 1. The number of halogens is 1. The van der Waals surface area contributed by atoms with E-state index in [9.17, 15) is 4.79 Å². The molecule has 0 radical (unpaired) electrons. The molecule has 2 atom stereocenters. The second-order valence-electron chi connectivity index (χ2n) is 6.36. The number of hydrogen-bond acceptors (Lipinski definition) is 2. The lowest BCUT2D eigenvalue weighted by atomic mass is 9.89. The first-order valence-corrected chi connectivity index (χ1v) is 7.78. The van der Waals surface area contributed by atoms with Crippen LogP contribution < -0.4 is 5.32 Å². The third-order valence-corrected chi connectivity index (χ3v) is 4.84. The number of carbonyl (C=O) groups excluding carboxylic acids is 1. The predicted octanol–water partition coefficient (Wildman–Crippen LogP) is 2.96. The smallest absolute Gasteiger partial charge is 0.242 e. The molecule has 2 fully saturated rings. The van der Waals surface area contributed by atoms with Crippen LogP contribution in [0.25, 0.3) is 0 Å². The fourth-order valence-electron chi connectivity index (χ4n) is 3.53. The third-order valence-electron chi connectivity index (χ3n) is 4.84. The number of nitrogens with zero attached hydrogens (tertiary/aromatic N) is 1. The van der Waals surface area contributed by atoms with Gasteiger partial charge in [-0.2, -0.15) is 0 Å². The van der Waals surface area contributed by atoms with Crippen LogP contribution in [0.1, 0.15) is 44.1 Å². The summed E-state index contributed by atoms with van der Waals surface area (Å²) >= 11 is 0. The summed E-state index contributed by atoms with van der Waals surface area (Å²) in [6.07, 6.45) is 4.41. The molecule has 2 saturated heterocycles. The molecule has 1 N–H and O–H groups in total. The molecular weight excluding hydrogens is 284 g/mol. The Labute approximate surface area is 133 Å². The Morgan fingerprint density at radius 2 is 2.05 bits per heavy atom. The number of hydrogen-bond donors (Lipinski definition) is 1. The third kappa shape index (κ3) is 3.41. The van der Waals surface area contributed by atoms with Crippen LogP contribution in [0.2, 0.25) is 0 Å². The van der Waals surface area contributed by atoms with Crippen molar-refractivity contribution in [3.8, 4) is 0 Å². The van der Waals surface area contributed by atoms with E-state index in [2.05, 4.69) is 41.4 Å². The van der Waals surface area contributed by atoms with Crippen LogP contribution in [-0.2, 0) is 4.79 Å². The Bertz CT molecular complexity index is 471. The molecule has 1 aromatic carbocycles. The van der Waals surface area contributed by atoms with Gasteiger partial charge in [0.05, 0.1) is 5.54 Å². The summed E-state index contributed by atoms with van der Waals surface area (Å²) in [7, 11) is 0. The molecule has 0 aromatic heterocycles. The number of likely N-dealkylation sites (tertiary alicyclic amines) is 1. The van der Waals surface area contributed by atoms with E-state index in [4.69, 9.17) is 0 Å². The van der Waals surface area contributed by atoms with E-state index < -0.39 is 0 Å². The van der Waals surface area contributed by atoms with Crippen molar-refractivity contribution in [3.05, 3.63) is 35.9 Å². The van der Waals surface area contributed by atoms with E-state index in [0.29, 0.717) is 11.8 Å². The fourth-order valence-corrected chi connectivity index (χ4v) is 3.53. The van der Waals surface area contributed by atoms with Gasteiger partial charge in [0.25, 0.3) is 0 Å². The van der Waals surface area contributed by atoms with Crippen LogP contribution in [0.3, 0.4) is 0 Å². The van der Waals surface area contributed by atoms with E-state index >= 15 is 0 Å². The highest BCUT2D eigenvalue weighted by atomic mass is 35.5. The van der Waals surface area contributed by atoms with Crippen molar-refractivity contribution in [1.29, 1.82) is 0 Å². The first-order chi connectivity index (χ1) is 9.69. The standard InChI is InChI=1S/C17H24N2O.ClH/c1-17(10-5-6-11-18-17)16(20)19-12-9-15(13-19)14-7-3-2-4-8-14;/h2-4,7-8,15,18H,5-6,9-13H2,1H3;1H. The van der Waals surface area contributed by atoms with Crippen molar-refractivity contribution < 1.29 is 4.79 Å². The number of piperidine rings is 1. The minimum Gasteiger partial charge on any atom is -0.340 e. The number of benzene rings is 1. The van der Waals surface area contributed by atoms with Gasteiger partial charge in [0.1, 0.15) is 0 Å².